The minimum Gasteiger partial charge on any atom is -0.497 e. The van der Waals surface area contributed by atoms with Gasteiger partial charge in [-0.15, -0.1) is 0 Å². The van der Waals surface area contributed by atoms with E-state index in [1.54, 1.807) is 44.8 Å². The molecule has 0 saturated carbocycles. The summed E-state index contributed by atoms with van der Waals surface area (Å²) in [5, 5.41) is 1.05. The quantitative estimate of drug-likeness (QED) is 0.190. The first-order valence-electron chi connectivity index (χ1n) is 14.5. The Morgan fingerprint density at radius 2 is 1.80 bits per heavy atom. The molecule has 8 nitrogen and oxygen atoms in total. The smallest absolute Gasteiger partial charge is 0.338 e. The molecule has 1 aliphatic rings. The van der Waals surface area contributed by atoms with Crippen molar-refractivity contribution in [3.63, 3.8) is 0 Å². The lowest BCUT2D eigenvalue weighted by atomic mass is 9.95. The molecule has 1 aliphatic heterocycles. The van der Waals surface area contributed by atoms with Crippen LogP contribution in [0.5, 0.6) is 11.5 Å². The van der Waals surface area contributed by atoms with Crippen molar-refractivity contribution in [2.45, 2.75) is 33.4 Å². The summed E-state index contributed by atoms with van der Waals surface area (Å²) < 4.78 is 22.0. The molecule has 0 N–H and O–H groups in total. The third-order valence-electron chi connectivity index (χ3n) is 8.06. The van der Waals surface area contributed by atoms with Crippen LogP contribution in [-0.2, 0) is 16.1 Å². The normalized spacial score (nSPS) is 14.8. The monoisotopic (exact) mass is 685 g/mol. The van der Waals surface area contributed by atoms with Crippen molar-refractivity contribution < 1.29 is 19.0 Å². The fourth-order valence-corrected chi connectivity index (χ4v) is 7.17. The number of hydrogen-bond donors (Lipinski definition) is 0. The number of esters is 1. The van der Waals surface area contributed by atoms with E-state index in [4.69, 9.17) is 19.2 Å². The van der Waals surface area contributed by atoms with Crippen molar-refractivity contribution in [2.24, 2.45) is 4.99 Å². The van der Waals surface area contributed by atoms with Gasteiger partial charge in [-0.3, -0.25) is 9.36 Å². The van der Waals surface area contributed by atoms with Gasteiger partial charge in [0.05, 0.1) is 36.6 Å². The molecule has 1 atom stereocenters. The zero-order valence-electron chi connectivity index (χ0n) is 25.6. The summed E-state index contributed by atoms with van der Waals surface area (Å²) in [6, 6.07) is 21.1. The van der Waals surface area contributed by atoms with Crippen LogP contribution in [0.3, 0.4) is 0 Å². The first kappa shape index (κ1) is 30.6. The summed E-state index contributed by atoms with van der Waals surface area (Å²) >= 11 is 4.82. The second-order valence-electron chi connectivity index (χ2n) is 10.6. The molecular weight excluding hydrogens is 654 g/mol. The van der Waals surface area contributed by atoms with E-state index in [-0.39, 0.29) is 12.2 Å². The van der Waals surface area contributed by atoms with Gasteiger partial charge >= 0.3 is 5.97 Å². The Morgan fingerprint density at radius 3 is 2.51 bits per heavy atom. The molecule has 10 heteroatoms. The van der Waals surface area contributed by atoms with Crippen molar-refractivity contribution >= 4 is 50.2 Å². The van der Waals surface area contributed by atoms with E-state index in [1.165, 1.54) is 16.9 Å². The lowest BCUT2D eigenvalue weighted by molar-refractivity contribution is -0.139. The standard InChI is InChI=1S/C35H32BrN3O5S/c1-6-44-34(41)31-20(2)37-35-39(32(31)26-16-15-24(42-4)17-29(26)43-5)33(40)30(45-35)18-27-21(3)38(28-10-8-7-9-25(27)28)19-22-11-13-23(36)14-12-22/h7-18,32H,6,19H2,1-5H3/b30-18-/t32-/m0/s1. The average Bonchev–Trinajstić information content (AvgIpc) is 3.49. The molecule has 230 valence electrons. The largest absolute Gasteiger partial charge is 0.497 e. The molecule has 0 spiro atoms. The second-order valence-corrected chi connectivity index (χ2v) is 12.6. The van der Waals surface area contributed by atoms with Gasteiger partial charge in [0.1, 0.15) is 17.5 Å². The number of ether oxygens (including phenoxy) is 3. The van der Waals surface area contributed by atoms with Gasteiger partial charge in [-0.1, -0.05) is 57.6 Å². The maximum Gasteiger partial charge on any atom is 0.338 e. The number of fused-ring (bicyclic) bond motifs is 2. The van der Waals surface area contributed by atoms with Crippen LogP contribution in [0.25, 0.3) is 17.0 Å². The summed E-state index contributed by atoms with van der Waals surface area (Å²) in [5.41, 5.74) is 5.43. The molecule has 0 bridgehead atoms. The Hall–Kier alpha value is -4.41. The number of thiazole rings is 1. The van der Waals surface area contributed by atoms with Crippen LogP contribution in [0.15, 0.2) is 92.3 Å². The number of aromatic nitrogens is 2. The van der Waals surface area contributed by atoms with E-state index in [9.17, 15) is 9.59 Å². The Labute approximate surface area is 272 Å². The van der Waals surface area contributed by atoms with E-state index in [1.807, 2.05) is 36.4 Å². The minimum absolute atomic E-state index is 0.191. The van der Waals surface area contributed by atoms with Gasteiger partial charge in [-0.05, 0) is 62.7 Å². The molecule has 5 aromatic rings. The van der Waals surface area contributed by atoms with Gasteiger partial charge < -0.3 is 18.8 Å². The topological polar surface area (TPSA) is 84.1 Å². The van der Waals surface area contributed by atoms with E-state index >= 15 is 0 Å². The van der Waals surface area contributed by atoms with E-state index < -0.39 is 12.0 Å². The van der Waals surface area contributed by atoms with Gasteiger partial charge in [-0.2, -0.15) is 0 Å². The van der Waals surface area contributed by atoms with E-state index in [0.29, 0.717) is 44.2 Å². The molecule has 0 fully saturated rings. The lowest BCUT2D eigenvalue weighted by Gasteiger charge is -2.26. The molecular formula is C35H32BrN3O5S. The molecule has 3 aromatic carbocycles. The zero-order chi connectivity index (χ0) is 31.8. The number of para-hydroxylation sites is 1. The van der Waals surface area contributed by atoms with Gasteiger partial charge in [0.15, 0.2) is 4.80 Å². The van der Waals surface area contributed by atoms with Crippen LogP contribution in [0, 0.1) is 6.92 Å². The molecule has 0 unspecified atom stereocenters. The maximum absolute atomic E-state index is 14.4. The summed E-state index contributed by atoms with van der Waals surface area (Å²) in [7, 11) is 3.12. The molecule has 0 aliphatic carbocycles. The fraction of sp³-hybridized carbons (Fsp3) is 0.229. The number of methoxy groups -OCH3 is 2. The predicted molar refractivity (Wildman–Crippen MR) is 180 cm³/mol. The minimum atomic E-state index is -0.803. The van der Waals surface area contributed by atoms with E-state index in [2.05, 4.69) is 51.7 Å². The number of halogens is 1. The fourth-order valence-electron chi connectivity index (χ4n) is 5.88. The first-order valence-corrected chi connectivity index (χ1v) is 16.1. The summed E-state index contributed by atoms with van der Waals surface area (Å²) in [6.45, 7) is 6.48. The number of benzene rings is 3. The predicted octanol–water partition coefficient (Wildman–Crippen LogP) is 5.89. The highest BCUT2D eigenvalue weighted by atomic mass is 79.9. The highest BCUT2D eigenvalue weighted by Crippen LogP contribution is 2.37. The number of hydrogen-bond acceptors (Lipinski definition) is 7. The van der Waals surface area contributed by atoms with Gasteiger partial charge in [0.25, 0.3) is 5.56 Å². The third kappa shape index (κ3) is 5.53. The van der Waals surface area contributed by atoms with Crippen LogP contribution >= 0.6 is 27.3 Å². The molecule has 0 saturated heterocycles. The maximum atomic E-state index is 14.4. The Kier molecular flexibility index (Phi) is 8.52. The first-order chi connectivity index (χ1) is 21.7. The molecule has 0 amide bonds. The lowest BCUT2D eigenvalue weighted by Crippen LogP contribution is -2.40. The average molecular weight is 687 g/mol. The third-order valence-corrected chi connectivity index (χ3v) is 9.57. The Balaban J connectivity index is 1.56. The Morgan fingerprint density at radius 1 is 1.04 bits per heavy atom. The zero-order valence-corrected chi connectivity index (χ0v) is 28.0. The molecule has 0 radical (unpaired) electrons. The van der Waals surface area contributed by atoms with E-state index in [0.717, 1.165) is 26.6 Å². The van der Waals surface area contributed by atoms with Crippen LogP contribution < -0.4 is 24.4 Å². The molecule has 6 rings (SSSR count). The van der Waals surface area contributed by atoms with Crippen molar-refractivity contribution in [3.05, 3.63) is 125 Å². The highest BCUT2D eigenvalue weighted by Gasteiger charge is 2.35. The highest BCUT2D eigenvalue weighted by molar-refractivity contribution is 9.10. The number of allylic oxidation sites excluding steroid dienone is 1. The van der Waals surface area contributed by atoms with Gasteiger partial charge in [0.2, 0.25) is 0 Å². The Bertz CT molecular complexity index is 2160. The van der Waals surface area contributed by atoms with Crippen LogP contribution in [0.2, 0.25) is 0 Å². The van der Waals surface area contributed by atoms with Crippen molar-refractivity contribution in [1.29, 1.82) is 0 Å². The molecule has 3 heterocycles. The summed E-state index contributed by atoms with van der Waals surface area (Å²) in [5.74, 6) is 0.552. The van der Waals surface area contributed by atoms with Gasteiger partial charge in [0, 0.05) is 44.8 Å². The molecule has 2 aromatic heterocycles. The summed E-state index contributed by atoms with van der Waals surface area (Å²) in [4.78, 5) is 33.0. The van der Waals surface area contributed by atoms with Crippen LogP contribution in [0.4, 0.5) is 0 Å². The van der Waals surface area contributed by atoms with Crippen LogP contribution in [-0.4, -0.2) is 35.9 Å². The second kappa shape index (κ2) is 12.5. The number of carbonyl (C=O) groups is 1. The number of rotatable bonds is 8. The number of carbonyl (C=O) groups excluding carboxylic acids is 1. The van der Waals surface area contributed by atoms with Crippen LogP contribution in [0.1, 0.15) is 42.3 Å². The SMILES string of the molecule is CCOC(=O)C1=C(C)N=c2s/c(=C\c3c(C)n(Cc4ccc(Br)cc4)c4ccccc34)c(=O)n2[C@H]1c1ccc(OC)cc1OC. The molecule has 45 heavy (non-hydrogen) atoms. The summed E-state index contributed by atoms with van der Waals surface area (Å²) in [6.07, 6.45) is 1.95. The number of nitrogens with zero attached hydrogens (tertiary/aromatic N) is 3. The van der Waals surface area contributed by atoms with Crippen molar-refractivity contribution in [3.8, 4) is 11.5 Å². The van der Waals surface area contributed by atoms with Crippen molar-refractivity contribution in [1.82, 2.24) is 9.13 Å². The van der Waals surface area contributed by atoms with Crippen molar-refractivity contribution in [2.75, 3.05) is 20.8 Å². The van der Waals surface area contributed by atoms with Gasteiger partial charge in [-0.25, -0.2) is 9.79 Å².